The van der Waals surface area contributed by atoms with Crippen LogP contribution < -0.4 is 4.74 Å². The smallest absolute Gasteiger partial charge is 0.414 e. The third-order valence-corrected chi connectivity index (χ3v) is 4.50. The highest BCUT2D eigenvalue weighted by atomic mass is 16.5. The summed E-state index contributed by atoms with van der Waals surface area (Å²) in [5.41, 5.74) is 0.570. The predicted molar refractivity (Wildman–Crippen MR) is 95.8 cm³/mol. The Morgan fingerprint density at radius 2 is 1.89 bits per heavy atom. The van der Waals surface area contributed by atoms with Crippen LogP contribution in [-0.4, -0.2) is 82.2 Å². The first-order valence-electron chi connectivity index (χ1n) is 8.94. The van der Waals surface area contributed by atoms with Gasteiger partial charge in [-0.3, -0.25) is 4.79 Å². The number of carbonyl (C=O) groups excluding carboxylic acids is 1. The van der Waals surface area contributed by atoms with Crippen molar-refractivity contribution in [3.63, 3.8) is 0 Å². The van der Waals surface area contributed by atoms with E-state index in [1.807, 2.05) is 7.05 Å². The molecule has 1 atom stereocenters. The number of hydrogen-bond acceptors (Lipinski definition) is 6. The molecular weight excluding hydrogens is 354 g/mol. The van der Waals surface area contributed by atoms with Gasteiger partial charge < -0.3 is 24.7 Å². The van der Waals surface area contributed by atoms with Gasteiger partial charge in [0.2, 0.25) is 5.88 Å². The molecule has 3 heterocycles. The van der Waals surface area contributed by atoms with Crippen molar-refractivity contribution in [2.75, 3.05) is 33.2 Å². The quantitative estimate of drug-likeness (QED) is 0.745. The maximum absolute atomic E-state index is 12.3. The van der Waals surface area contributed by atoms with Crippen molar-refractivity contribution in [1.82, 2.24) is 14.8 Å². The van der Waals surface area contributed by atoms with E-state index in [2.05, 4.69) is 9.88 Å². The Kier molecular flexibility index (Phi) is 7.54. The standard InChI is InChI=1S/C16H23N3O2.C2H2O4/c1-18-12-13(7-11-19-9-3-2-4-10-19)21-15-14(16(18)20)6-5-8-17-15;3-1(4)2(5)6/h5-6,8,13H,2-4,7,9-12H2,1H3;(H,3,4)(H,5,6). The Morgan fingerprint density at radius 1 is 1.22 bits per heavy atom. The van der Waals surface area contributed by atoms with Crippen molar-refractivity contribution in [1.29, 1.82) is 0 Å². The van der Waals surface area contributed by atoms with Crippen LogP contribution in [0.4, 0.5) is 0 Å². The van der Waals surface area contributed by atoms with E-state index in [0.29, 0.717) is 18.0 Å². The lowest BCUT2D eigenvalue weighted by molar-refractivity contribution is -0.159. The molecule has 1 aromatic rings. The first-order chi connectivity index (χ1) is 12.9. The molecule has 0 aromatic carbocycles. The average molecular weight is 379 g/mol. The van der Waals surface area contributed by atoms with Gasteiger partial charge in [-0.2, -0.15) is 0 Å². The van der Waals surface area contributed by atoms with Crippen molar-refractivity contribution in [2.45, 2.75) is 31.8 Å². The van der Waals surface area contributed by atoms with Gasteiger partial charge in [0, 0.05) is 19.8 Å². The third kappa shape index (κ3) is 6.21. The van der Waals surface area contributed by atoms with Crippen molar-refractivity contribution in [2.24, 2.45) is 0 Å². The van der Waals surface area contributed by atoms with E-state index in [-0.39, 0.29) is 12.0 Å². The van der Waals surface area contributed by atoms with Crippen LogP contribution in [0.25, 0.3) is 0 Å². The van der Waals surface area contributed by atoms with Gasteiger partial charge in [-0.15, -0.1) is 0 Å². The second-order valence-corrected chi connectivity index (χ2v) is 6.58. The van der Waals surface area contributed by atoms with Crippen LogP contribution in [0, 0.1) is 0 Å². The van der Waals surface area contributed by atoms with E-state index in [1.165, 1.54) is 32.4 Å². The molecule has 2 aliphatic rings. The predicted octanol–water partition coefficient (Wildman–Crippen LogP) is 0.946. The molecule has 0 saturated carbocycles. The molecule has 1 fully saturated rings. The molecule has 1 amide bonds. The molecule has 0 aliphatic carbocycles. The van der Waals surface area contributed by atoms with E-state index in [0.717, 1.165) is 13.0 Å². The number of carboxylic acid groups (broad SMARTS) is 2. The molecule has 9 nitrogen and oxygen atoms in total. The average Bonchev–Trinajstić information content (AvgIpc) is 2.78. The van der Waals surface area contributed by atoms with Crippen LogP contribution in [0.15, 0.2) is 18.3 Å². The molecule has 148 valence electrons. The van der Waals surface area contributed by atoms with Gasteiger partial charge in [0.25, 0.3) is 5.91 Å². The molecule has 0 radical (unpaired) electrons. The number of fused-ring (bicyclic) bond motifs is 1. The highest BCUT2D eigenvalue weighted by Gasteiger charge is 2.27. The summed E-state index contributed by atoms with van der Waals surface area (Å²) in [5, 5.41) is 14.8. The lowest BCUT2D eigenvalue weighted by atomic mass is 10.1. The maximum Gasteiger partial charge on any atom is 0.414 e. The molecule has 0 bridgehead atoms. The number of likely N-dealkylation sites (N-methyl/N-ethyl adjacent to an activating group) is 1. The minimum absolute atomic E-state index is 0.00132. The van der Waals surface area contributed by atoms with Gasteiger partial charge in [-0.25, -0.2) is 14.6 Å². The fourth-order valence-electron chi connectivity index (χ4n) is 3.10. The summed E-state index contributed by atoms with van der Waals surface area (Å²) in [6.07, 6.45) is 6.59. The lowest BCUT2D eigenvalue weighted by Crippen LogP contribution is -2.38. The summed E-state index contributed by atoms with van der Waals surface area (Å²) in [6.45, 7) is 4.05. The highest BCUT2D eigenvalue weighted by molar-refractivity contribution is 6.27. The summed E-state index contributed by atoms with van der Waals surface area (Å²) < 4.78 is 5.99. The topological polar surface area (TPSA) is 120 Å². The van der Waals surface area contributed by atoms with E-state index >= 15 is 0 Å². The van der Waals surface area contributed by atoms with Crippen LogP contribution in [0.2, 0.25) is 0 Å². The summed E-state index contributed by atoms with van der Waals surface area (Å²) in [6, 6.07) is 3.57. The number of pyridine rings is 1. The number of carbonyl (C=O) groups is 3. The Morgan fingerprint density at radius 3 is 2.52 bits per heavy atom. The largest absolute Gasteiger partial charge is 0.473 e. The van der Waals surface area contributed by atoms with Gasteiger partial charge in [0.1, 0.15) is 11.7 Å². The Hall–Kier alpha value is -2.68. The Labute approximate surface area is 157 Å². The van der Waals surface area contributed by atoms with Crippen LogP contribution in [0.5, 0.6) is 5.88 Å². The van der Waals surface area contributed by atoms with Crippen LogP contribution in [0.3, 0.4) is 0 Å². The van der Waals surface area contributed by atoms with Crippen LogP contribution in [0.1, 0.15) is 36.0 Å². The fraction of sp³-hybridized carbons (Fsp3) is 0.556. The van der Waals surface area contributed by atoms with E-state index in [4.69, 9.17) is 24.5 Å². The number of hydrogen-bond donors (Lipinski definition) is 2. The Balaban J connectivity index is 0.000000380. The summed E-state index contributed by atoms with van der Waals surface area (Å²) in [4.78, 5) is 39.0. The van der Waals surface area contributed by atoms with Gasteiger partial charge >= 0.3 is 11.9 Å². The molecule has 1 unspecified atom stereocenters. The molecule has 2 aliphatic heterocycles. The minimum atomic E-state index is -1.82. The number of aromatic nitrogens is 1. The van der Waals surface area contributed by atoms with Gasteiger partial charge in [0.05, 0.1) is 6.54 Å². The number of nitrogens with zero attached hydrogens (tertiary/aromatic N) is 3. The summed E-state index contributed by atoms with van der Waals surface area (Å²) in [5.74, 6) is -3.17. The molecule has 3 rings (SSSR count). The number of carboxylic acids is 2. The maximum atomic E-state index is 12.3. The van der Waals surface area contributed by atoms with Crippen molar-refractivity contribution >= 4 is 17.8 Å². The second kappa shape index (κ2) is 9.86. The van der Waals surface area contributed by atoms with Crippen LogP contribution in [-0.2, 0) is 9.59 Å². The lowest BCUT2D eigenvalue weighted by Gasteiger charge is -2.28. The molecule has 1 aromatic heterocycles. The Bertz CT molecular complexity index is 663. The summed E-state index contributed by atoms with van der Waals surface area (Å²) in [7, 11) is 1.84. The van der Waals surface area contributed by atoms with E-state index in [9.17, 15) is 4.79 Å². The molecule has 9 heteroatoms. The molecule has 0 spiro atoms. The van der Waals surface area contributed by atoms with Gasteiger partial charge in [-0.1, -0.05) is 6.42 Å². The SMILES string of the molecule is CN1CC(CCN2CCCCC2)Oc2ncccc2C1=O.O=C(O)C(=O)O. The first kappa shape index (κ1) is 20.6. The van der Waals surface area contributed by atoms with E-state index in [1.54, 1.807) is 23.2 Å². The number of likely N-dealkylation sites (tertiary alicyclic amines) is 1. The molecule has 2 N–H and O–H groups in total. The van der Waals surface area contributed by atoms with Crippen molar-refractivity contribution in [3.05, 3.63) is 23.9 Å². The van der Waals surface area contributed by atoms with Crippen LogP contribution >= 0.6 is 0 Å². The zero-order valence-corrected chi connectivity index (χ0v) is 15.3. The molecular formula is C18H25N3O6. The van der Waals surface area contributed by atoms with E-state index < -0.39 is 11.9 Å². The normalized spacial score (nSPS) is 19.8. The number of ether oxygens (including phenoxy) is 1. The molecule has 27 heavy (non-hydrogen) atoms. The number of aliphatic carboxylic acids is 2. The fourth-order valence-corrected chi connectivity index (χ4v) is 3.10. The number of rotatable bonds is 3. The highest BCUT2D eigenvalue weighted by Crippen LogP contribution is 2.23. The van der Waals surface area contributed by atoms with Crippen molar-refractivity contribution in [3.8, 4) is 5.88 Å². The zero-order valence-electron chi connectivity index (χ0n) is 15.3. The molecule has 1 saturated heterocycles. The third-order valence-electron chi connectivity index (χ3n) is 4.50. The minimum Gasteiger partial charge on any atom is -0.473 e. The zero-order chi connectivity index (χ0) is 19.8. The number of piperidine rings is 1. The number of amides is 1. The van der Waals surface area contributed by atoms with Crippen molar-refractivity contribution < 1.29 is 29.3 Å². The monoisotopic (exact) mass is 379 g/mol. The van der Waals surface area contributed by atoms with Gasteiger partial charge in [-0.05, 0) is 44.5 Å². The summed E-state index contributed by atoms with van der Waals surface area (Å²) >= 11 is 0. The van der Waals surface area contributed by atoms with Gasteiger partial charge in [0.15, 0.2) is 0 Å². The first-order valence-corrected chi connectivity index (χ1v) is 8.94. The second-order valence-electron chi connectivity index (χ2n) is 6.58.